The molecule has 2 N–H and O–H groups in total. The van der Waals surface area contributed by atoms with E-state index in [2.05, 4.69) is 4.84 Å². The zero-order chi connectivity index (χ0) is 10.8. The van der Waals surface area contributed by atoms with E-state index in [4.69, 9.17) is 5.90 Å². The number of benzene rings is 1. The lowest BCUT2D eigenvalue weighted by atomic mass is 10.1. The minimum Gasteiger partial charge on any atom is -0.297 e. The lowest BCUT2D eigenvalue weighted by Gasteiger charge is -2.08. The second-order valence-corrected chi connectivity index (χ2v) is 5.14. The Morgan fingerprint density at radius 3 is 2.14 bits per heavy atom. The van der Waals surface area contributed by atoms with Gasteiger partial charge in [-0.1, -0.05) is 12.1 Å². The van der Waals surface area contributed by atoms with Gasteiger partial charge in [-0.2, -0.15) is 0 Å². The van der Waals surface area contributed by atoms with E-state index in [9.17, 15) is 8.42 Å². The van der Waals surface area contributed by atoms with Gasteiger partial charge in [-0.25, -0.2) is 14.3 Å². The number of rotatable bonds is 3. The SMILES string of the molecule is CC(ON)c1ccc(S(C)(=O)=O)cc1. The van der Waals surface area contributed by atoms with Gasteiger partial charge in [0, 0.05) is 6.26 Å². The molecule has 0 aliphatic rings. The monoisotopic (exact) mass is 215 g/mol. The predicted molar refractivity (Wildman–Crippen MR) is 53.2 cm³/mol. The highest BCUT2D eigenvalue weighted by molar-refractivity contribution is 7.90. The zero-order valence-electron chi connectivity index (χ0n) is 8.10. The second-order valence-electron chi connectivity index (χ2n) is 3.12. The lowest BCUT2D eigenvalue weighted by Crippen LogP contribution is -2.05. The molecular weight excluding hydrogens is 202 g/mol. The molecule has 0 aromatic heterocycles. The third kappa shape index (κ3) is 2.54. The van der Waals surface area contributed by atoms with Gasteiger partial charge in [-0.3, -0.25) is 4.84 Å². The fourth-order valence-electron chi connectivity index (χ4n) is 1.06. The van der Waals surface area contributed by atoms with Crippen LogP contribution in [0.25, 0.3) is 0 Å². The summed E-state index contributed by atoms with van der Waals surface area (Å²) < 4.78 is 22.3. The molecule has 1 rings (SSSR count). The van der Waals surface area contributed by atoms with Crippen LogP contribution in [0.1, 0.15) is 18.6 Å². The van der Waals surface area contributed by atoms with Gasteiger partial charge >= 0.3 is 0 Å². The van der Waals surface area contributed by atoms with E-state index in [-0.39, 0.29) is 6.10 Å². The van der Waals surface area contributed by atoms with Crippen LogP contribution in [0.4, 0.5) is 0 Å². The summed E-state index contributed by atoms with van der Waals surface area (Å²) in [6.07, 6.45) is 0.939. The maximum absolute atomic E-state index is 11.1. The van der Waals surface area contributed by atoms with Gasteiger partial charge in [0.15, 0.2) is 9.84 Å². The molecule has 5 heteroatoms. The molecule has 0 amide bonds. The summed E-state index contributed by atoms with van der Waals surface area (Å²) in [6.45, 7) is 1.79. The largest absolute Gasteiger partial charge is 0.297 e. The average molecular weight is 215 g/mol. The van der Waals surface area contributed by atoms with E-state index in [1.807, 2.05) is 0 Å². The van der Waals surface area contributed by atoms with Crippen LogP contribution in [0.2, 0.25) is 0 Å². The predicted octanol–water partition coefficient (Wildman–Crippen LogP) is 1.04. The smallest absolute Gasteiger partial charge is 0.175 e. The van der Waals surface area contributed by atoms with Gasteiger partial charge in [0.25, 0.3) is 0 Å². The Bertz CT molecular complexity index is 397. The van der Waals surface area contributed by atoms with E-state index < -0.39 is 9.84 Å². The van der Waals surface area contributed by atoms with Crippen LogP contribution in [-0.4, -0.2) is 14.7 Å². The van der Waals surface area contributed by atoms with Crippen molar-refractivity contribution in [3.8, 4) is 0 Å². The van der Waals surface area contributed by atoms with Crippen molar-refractivity contribution in [2.75, 3.05) is 6.26 Å². The van der Waals surface area contributed by atoms with Crippen LogP contribution in [0.5, 0.6) is 0 Å². The number of hydrogen-bond acceptors (Lipinski definition) is 4. The lowest BCUT2D eigenvalue weighted by molar-refractivity contribution is 0.0664. The standard InChI is InChI=1S/C9H13NO3S/c1-7(13-10)8-3-5-9(6-4-8)14(2,11)12/h3-7H,10H2,1-2H3. The Labute approximate surface area is 83.6 Å². The summed E-state index contributed by atoms with van der Waals surface area (Å²) in [5, 5.41) is 0. The van der Waals surface area contributed by atoms with Gasteiger partial charge < -0.3 is 0 Å². The normalized spacial score (nSPS) is 13.9. The molecule has 1 atom stereocenters. The molecule has 4 nitrogen and oxygen atoms in total. The van der Waals surface area contributed by atoms with Gasteiger partial charge in [-0.15, -0.1) is 0 Å². The molecule has 0 aliphatic heterocycles. The first-order valence-electron chi connectivity index (χ1n) is 4.10. The highest BCUT2D eigenvalue weighted by Gasteiger charge is 2.08. The maximum atomic E-state index is 11.1. The van der Waals surface area contributed by atoms with Crippen LogP contribution < -0.4 is 5.90 Å². The second kappa shape index (κ2) is 4.08. The van der Waals surface area contributed by atoms with Crippen LogP contribution in [-0.2, 0) is 14.7 Å². The maximum Gasteiger partial charge on any atom is 0.175 e. The molecule has 78 valence electrons. The van der Waals surface area contributed by atoms with Crippen molar-refractivity contribution in [3.05, 3.63) is 29.8 Å². The third-order valence-corrected chi connectivity index (χ3v) is 3.11. The van der Waals surface area contributed by atoms with Gasteiger partial charge in [0.1, 0.15) is 6.10 Å². The summed E-state index contributed by atoms with van der Waals surface area (Å²) in [5.41, 5.74) is 0.847. The quantitative estimate of drug-likeness (QED) is 0.765. The van der Waals surface area contributed by atoms with Gasteiger partial charge in [0.2, 0.25) is 0 Å². The molecule has 0 aliphatic carbocycles. The van der Waals surface area contributed by atoms with Crippen LogP contribution in [0, 0.1) is 0 Å². The summed E-state index contributed by atoms with van der Waals surface area (Å²) in [5.74, 6) is 5.01. The molecule has 0 fully saturated rings. The summed E-state index contributed by atoms with van der Waals surface area (Å²) in [6, 6.07) is 6.46. The first-order valence-corrected chi connectivity index (χ1v) is 6.00. The van der Waals surface area contributed by atoms with Crippen LogP contribution >= 0.6 is 0 Å². The van der Waals surface area contributed by atoms with Crippen molar-refractivity contribution < 1.29 is 13.3 Å². The van der Waals surface area contributed by atoms with Crippen molar-refractivity contribution in [2.45, 2.75) is 17.9 Å². The Morgan fingerprint density at radius 1 is 1.29 bits per heavy atom. The highest BCUT2D eigenvalue weighted by atomic mass is 32.2. The highest BCUT2D eigenvalue weighted by Crippen LogP contribution is 2.17. The molecule has 14 heavy (non-hydrogen) atoms. The van der Waals surface area contributed by atoms with Crippen molar-refractivity contribution in [1.29, 1.82) is 0 Å². The van der Waals surface area contributed by atoms with Crippen LogP contribution in [0.3, 0.4) is 0 Å². The van der Waals surface area contributed by atoms with Crippen molar-refractivity contribution in [2.24, 2.45) is 5.90 Å². The Morgan fingerprint density at radius 2 is 1.79 bits per heavy atom. The molecule has 0 radical (unpaired) electrons. The van der Waals surface area contributed by atoms with Crippen LogP contribution in [0.15, 0.2) is 29.2 Å². The summed E-state index contributed by atoms with van der Waals surface area (Å²) in [4.78, 5) is 4.91. The molecular formula is C9H13NO3S. The molecule has 0 heterocycles. The Kier molecular flexibility index (Phi) is 3.25. The van der Waals surface area contributed by atoms with Crippen molar-refractivity contribution in [3.63, 3.8) is 0 Å². The molecule has 1 aromatic carbocycles. The van der Waals surface area contributed by atoms with Gasteiger partial charge in [0.05, 0.1) is 4.90 Å². The minimum atomic E-state index is -3.12. The summed E-state index contributed by atoms with van der Waals surface area (Å²) in [7, 11) is -3.12. The molecule has 0 bridgehead atoms. The van der Waals surface area contributed by atoms with E-state index >= 15 is 0 Å². The minimum absolute atomic E-state index is 0.233. The van der Waals surface area contributed by atoms with E-state index in [0.717, 1.165) is 5.56 Å². The van der Waals surface area contributed by atoms with Crippen molar-refractivity contribution >= 4 is 9.84 Å². The Hall–Kier alpha value is -0.910. The average Bonchev–Trinajstić information content (AvgIpc) is 2.15. The fourth-order valence-corrected chi connectivity index (χ4v) is 1.70. The van der Waals surface area contributed by atoms with E-state index in [1.165, 1.54) is 6.26 Å². The molecule has 0 saturated carbocycles. The molecule has 0 spiro atoms. The molecule has 0 saturated heterocycles. The first kappa shape index (κ1) is 11.2. The number of hydrogen-bond donors (Lipinski definition) is 1. The fraction of sp³-hybridized carbons (Fsp3) is 0.333. The third-order valence-electron chi connectivity index (χ3n) is 1.98. The zero-order valence-corrected chi connectivity index (χ0v) is 8.91. The molecule has 1 aromatic rings. The van der Waals surface area contributed by atoms with E-state index in [0.29, 0.717) is 4.90 Å². The summed E-state index contributed by atoms with van der Waals surface area (Å²) >= 11 is 0. The first-order chi connectivity index (χ1) is 6.45. The number of nitrogens with two attached hydrogens (primary N) is 1. The van der Waals surface area contributed by atoms with E-state index in [1.54, 1.807) is 31.2 Å². The molecule has 1 unspecified atom stereocenters. The Balaban J connectivity index is 3.01. The number of sulfone groups is 1. The van der Waals surface area contributed by atoms with Crippen molar-refractivity contribution in [1.82, 2.24) is 0 Å². The topological polar surface area (TPSA) is 69.4 Å². The van der Waals surface area contributed by atoms with Gasteiger partial charge in [-0.05, 0) is 24.6 Å².